The highest BCUT2D eigenvalue weighted by atomic mass is 19.2. The molecule has 0 aromatic heterocycles. The van der Waals surface area contributed by atoms with Gasteiger partial charge >= 0.3 is 0 Å². The van der Waals surface area contributed by atoms with Gasteiger partial charge in [-0.25, -0.2) is 13.2 Å². The summed E-state index contributed by atoms with van der Waals surface area (Å²) in [5.74, 6) is -0.674. The maximum absolute atomic E-state index is 13.6. The van der Waals surface area contributed by atoms with Crippen LogP contribution in [0.15, 0.2) is 24.3 Å². The Morgan fingerprint density at radius 1 is 0.688 bits per heavy atom. The van der Waals surface area contributed by atoms with Crippen LogP contribution in [0.3, 0.4) is 0 Å². The van der Waals surface area contributed by atoms with Gasteiger partial charge in [0, 0.05) is 0 Å². The van der Waals surface area contributed by atoms with Crippen LogP contribution in [0.2, 0.25) is 0 Å². The maximum Gasteiger partial charge on any atom is 0.194 e. The fourth-order valence-electron chi connectivity index (χ4n) is 5.97. The van der Waals surface area contributed by atoms with Crippen molar-refractivity contribution < 1.29 is 13.2 Å². The Labute approximate surface area is 194 Å². The van der Waals surface area contributed by atoms with Crippen molar-refractivity contribution in [3.63, 3.8) is 0 Å². The molecule has 0 saturated heterocycles. The van der Waals surface area contributed by atoms with E-state index < -0.39 is 17.5 Å². The van der Waals surface area contributed by atoms with Crippen LogP contribution in [-0.4, -0.2) is 0 Å². The van der Waals surface area contributed by atoms with Crippen LogP contribution in [0.25, 0.3) is 0 Å². The van der Waals surface area contributed by atoms with E-state index >= 15 is 0 Å². The Balaban J connectivity index is 1.27. The molecule has 3 heteroatoms. The van der Waals surface area contributed by atoms with E-state index in [1.54, 1.807) is 0 Å². The predicted octanol–water partition coefficient (Wildman–Crippen LogP) is 9.88. The number of hydrogen-bond donors (Lipinski definition) is 0. The average molecular weight is 449 g/mol. The minimum atomic E-state index is -1.35. The lowest BCUT2D eigenvalue weighted by Gasteiger charge is -2.32. The summed E-state index contributed by atoms with van der Waals surface area (Å²) in [4.78, 5) is 0. The van der Waals surface area contributed by atoms with Gasteiger partial charge in [-0.2, -0.15) is 0 Å². The number of allylic oxidation sites excluding steroid dienone is 2. The van der Waals surface area contributed by atoms with Crippen molar-refractivity contribution >= 4 is 0 Å². The van der Waals surface area contributed by atoms with Crippen LogP contribution in [0.1, 0.15) is 121 Å². The highest BCUT2D eigenvalue weighted by Gasteiger charge is 2.26. The molecular formula is C29H43F3. The average Bonchev–Trinajstić information content (AvgIpc) is 2.81. The maximum atomic E-state index is 13.6. The Hall–Kier alpha value is -1.25. The second-order valence-corrected chi connectivity index (χ2v) is 10.5. The fraction of sp³-hybridized carbons (Fsp3) is 0.724. The zero-order valence-corrected chi connectivity index (χ0v) is 20.1. The summed E-state index contributed by atoms with van der Waals surface area (Å²) in [5, 5.41) is 0. The third-order valence-corrected chi connectivity index (χ3v) is 8.13. The molecule has 2 aliphatic rings. The van der Waals surface area contributed by atoms with Gasteiger partial charge in [-0.15, -0.1) is 0 Å². The van der Waals surface area contributed by atoms with Crippen molar-refractivity contribution in [2.75, 3.05) is 0 Å². The molecule has 2 fully saturated rings. The van der Waals surface area contributed by atoms with Crippen molar-refractivity contribution in [2.24, 2.45) is 17.8 Å². The summed E-state index contributed by atoms with van der Waals surface area (Å²) in [6.45, 7) is 2.23. The summed E-state index contributed by atoms with van der Waals surface area (Å²) in [7, 11) is 0. The minimum absolute atomic E-state index is 0.174. The lowest BCUT2D eigenvalue weighted by Crippen LogP contribution is -2.18. The Morgan fingerprint density at radius 2 is 1.19 bits per heavy atom. The normalized spacial score (nSPS) is 26.6. The first-order valence-corrected chi connectivity index (χ1v) is 13.4. The van der Waals surface area contributed by atoms with Gasteiger partial charge in [0.15, 0.2) is 17.5 Å². The molecular weight excluding hydrogens is 405 g/mol. The van der Waals surface area contributed by atoms with Gasteiger partial charge in [-0.05, 0) is 86.3 Å². The molecule has 3 rings (SSSR count). The standard InChI is InChI=1S/C29H43F3/c1-2-3-4-5-6-7-8-9-22-10-12-23(13-11-22)14-15-24-16-18-25(19-17-24)26-20-27(30)29(32)28(31)21-26/h4-5,20-25H,2-3,6-19H2,1H3/b5-4+. The molecule has 0 radical (unpaired) electrons. The third kappa shape index (κ3) is 7.96. The Kier molecular flexibility index (Phi) is 10.7. The summed E-state index contributed by atoms with van der Waals surface area (Å²) in [5.41, 5.74) is 0.634. The number of halogens is 3. The van der Waals surface area contributed by atoms with Crippen LogP contribution in [0.4, 0.5) is 13.2 Å². The molecule has 0 atom stereocenters. The van der Waals surface area contributed by atoms with E-state index in [2.05, 4.69) is 19.1 Å². The van der Waals surface area contributed by atoms with Crippen molar-refractivity contribution in [2.45, 2.75) is 116 Å². The number of rotatable bonds is 11. The van der Waals surface area contributed by atoms with Gasteiger partial charge in [0.05, 0.1) is 0 Å². The molecule has 0 unspecified atom stereocenters. The van der Waals surface area contributed by atoms with Gasteiger partial charge in [0.2, 0.25) is 0 Å². The first kappa shape index (κ1) is 25.4. The quantitative estimate of drug-likeness (QED) is 0.179. The number of hydrogen-bond acceptors (Lipinski definition) is 0. The number of benzene rings is 1. The van der Waals surface area contributed by atoms with Crippen molar-refractivity contribution in [1.29, 1.82) is 0 Å². The molecule has 0 amide bonds. The van der Waals surface area contributed by atoms with Crippen LogP contribution in [0, 0.1) is 35.2 Å². The Bertz CT molecular complexity index is 671. The predicted molar refractivity (Wildman–Crippen MR) is 128 cm³/mol. The molecule has 180 valence electrons. The molecule has 2 aliphatic carbocycles. The molecule has 0 aliphatic heterocycles. The van der Waals surface area contributed by atoms with E-state index in [1.165, 1.54) is 89.2 Å². The van der Waals surface area contributed by atoms with Crippen molar-refractivity contribution in [3.8, 4) is 0 Å². The molecule has 1 aromatic rings. The second-order valence-electron chi connectivity index (χ2n) is 10.5. The minimum Gasteiger partial charge on any atom is -0.204 e. The van der Waals surface area contributed by atoms with Gasteiger partial charge < -0.3 is 0 Å². The van der Waals surface area contributed by atoms with Gasteiger partial charge in [0.1, 0.15) is 0 Å². The summed E-state index contributed by atoms with van der Waals surface area (Å²) in [6.07, 6.45) is 25.1. The van der Waals surface area contributed by atoms with Gasteiger partial charge in [-0.3, -0.25) is 0 Å². The van der Waals surface area contributed by atoms with Crippen molar-refractivity contribution in [3.05, 3.63) is 47.3 Å². The van der Waals surface area contributed by atoms with E-state index in [4.69, 9.17) is 0 Å². The highest BCUT2D eigenvalue weighted by Crippen LogP contribution is 2.40. The van der Waals surface area contributed by atoms with E-state index in [0.717, 1.165) is 43.4 Å². The molecule has 2 saturated carbocycles. The third-order valence-electron chi connectivity index (χ3n) is 8.13. The smallest absolute Gasteiger partial charge is 0.194 e. The van der Waals surface area contributed by atoms with Crippen LogP contribution in [0.5, 0.6) is 0 Å². The Morgan fingerprint density at radius 3 is 1.75 bits per heavy atom. The fourth-order valence-corrected chi connectivity index (χ4v) is 5.97. The largest absolute Gasteiger partial charge is 0.204 e. The molecule has 0 nitrogen and oxygen atoms in total. The topological polar surface area (TPSA) is 0 Å². The van der Waals surface area contributed by atoms with Crippen LogP contribution < -0.4 is 0 Å². The highest BCUT2D eigenvalue weighted by molar-refractivity contribution is 5.23. The molecule has 0 spiro atoms. The van der Waals surface area contributed by atoms with Gasteiger partial charge in [-0.1, -0.05) is 76.9 Å². The summed E-state index contributed by atoms with van der Waals surface area (Å²) >= 11 is 0. The molecule has 0 N–H and O–H groups in total. The summed E-state index contributed by atoms with van der Waals surface area (Å²) in [6, 6.07) is 2.40. The first-order valence-electron chi connectivity index (χ1n) is 13.4. The summed E-state index contributed by atoms with van der Waals surface area (Å²) < 4.78 is 40.3. The lowest BCUT2D eigenvalue weighted by atomic mass is 9.74. The van der Waals surface area contributed by atoms with E-state index in [-0.39, 0.29) is 5.92 Å². The zero-order chi connectivity index (χ0) is 22.8. The van der Waals surface area contributed by atoms with E-state index in [1.807, 2.05) is 0 Å². The van der Waals surface area contributed by atoms with E-state index in [9.17, 15) is 13.2 Å². The molecule has 1 aromatic carbocycles. The lowest BCUT2D eigenvalue weighted by molar-refractivity contribution is 0.222. The molecule has 0 heterocycles. The zero-order valence-electron chi connectivity index (χ0n) is 20.1. The van der Waals surface area contributed by atoms with Gasteiger partial charge in [0.25, 0.3) is 0 Å². The van der Waals surface area contributed by atoms with Crippen LogP contribution >= 0.6 is 0 Å². The van der Waals surface area contributed by atoms with Crippen molar-refractivity contribution in [1.82, 2.24) is 0 Å². The number of unbranched alkanes of at least 4 members (excludes halogenated alkanes) is 3. The molecule has 32 heavy (non-hydrogen) atoms. The first-order chi connectivity index (χ1) is 15.6. The van der Waals surface area contributed by atoms with E-state index in [0.29, 0.717) is 5.56 Å². The molecule has 0 bridgehead atoms. The monoisotopic (exact) mass is 448 g/mol. The second kappa shape index (κ2) is 13.5. The SMILES string of the molecule is CCC/C=C/CCCCC1CCC(CCC2CCC(c3cc(F)c(F)c(F)c3)CC2)CC1. The van der Waals surface area contributed by atoms with Crippen LogP contribution in [-0.2, 0) is 0 Å².